The first-order chi connectivity index (χ1) is 8.56. The summed E-state index contributed by atoms with van der Waals surface area (Å²) in [6.07, 6.45) is 4.91. The van der Waals surface area contributed by atoms with Gasteiger partial charge in [-0.2, -0.15) is 0 Å². The maximum Gasteiger partial charge on any atom is 0.310 e. The molecule has 0 fully saturated rings. The van der Waals surface area contributed by atoms with Crippen LogP contribution in [-0.4, -0.2) is 28.0 Å². The SMILES string of the molecule is O=C(NC1C=CC(C(=O)O)C1)c1ccc(=O)[nH]c1. The normalized spacial score (nSPS) is 21.8. The van der Waals surface area contributed by atoms with Crippen LogP contribution in [-0.2, 0) is 4.79 Å². The van der Waals surface area contributed by atoms with Crippen molar-refractivity contribution in [2.75, 3.05) is 0 Å². The average Bonchev–Trinajstić information content (AvgIpc) is 2.78. The van der Waals surface area contributed by atoms with Crippen LogP contribution in [0.2, 0.25) is 0 Å². The number of aromatic amines is 1. The molecule has 2 rings (SSSR count). The fourth-order valence-corrected chi connectivity index (χ4v) is 1.79. The minimum Gasteiger partial charge on any atom is -0.481 e. The Hall–Kier alpha value is -2.37. The summed E-state index contributed by atoms with van der Waals surface area (Å²) in [6, 6.07) is 2.39. The second kappa shape index (κ2) is 4.87. The fourth-order valence-electron chi connectivity index (χ4n) is 1.79. The van der Waals surface area contributed by atoms with Crippen molar-refractivity contribution in [3.8, 4) is 0 Å². The van der Waals surface area contributed by atoms with E-state index in [1.165, 1.54) is 18.3 Å². The number of hydrogen-bond donors (Lipinski definition) is 3. The molecule has 6 heteroatoms. The lowest BCUT2D eigenvalue weighted by molar-refractivity contribution is -0.140. The van der Waals surface area contributed by atoms with Crippen LogP contribution in [0, 0.1) is 5.92 Å². The van der Waals surface area contributed by atoms with Crippen LogP contribution in [0.5, 0.6) is 0 Å². The van der Waals surface area contributed by atoms with Crippen LogP contribution in [0.3, 0.4) is 0 Å². The highest BCUT2D eigenvalue weighted by molar-refractivity contribution is 5.94. The van der Waals surface area contributed by atoms with E-state index in [4.69, 9.17) is 5.11 Å². The Balaban J connectivity index is 1.97. The van der Waals surface area contributed by atoms with E-state index in [1.54, 1.807) is 12.2 Å². The van der Waals surface area contributed by atoms with Gasteiger partial charge in [-0.05, 0) is 12.5 Å². The molecule has 1 aromatic rings. The van der Waals surface area contributed by atoms with Gasteiger partial charge < -0.3 is 15.4 Å². The smallest absolute Gasteiger partial charge is 0.310 e. The fraction of sp³-hybridized carbons (Fsp3) is 0.250. The zero-order chi connectivity index (χ0) is 13.1. The van der Waals surface area contributed by atoms with E-state index in [-0.39, 0.29) is 17.5 Å². The molecule has 3 N–H and O–H groups in total. The number of hydrogen-bond acceptors (Lipinski definition) is 3. The van der Waals surface area contributed by atoms with E-state index in [2.05, 4.69) is 10.3 Å². The third kappa shape index (κ3) is 2.65. The standard InChI is InChI=1S/C12H12N2O4/c15-10-4-2-8(6-13-10)11(16)14-9-3-1-7(5-9)12(17)18/h1-4,6-7,9H,5H2,(H,13,15)(H,14,16)(H,17,18). The molecule has 18 heavy (non-hydrogen) atoms. The average molecular weight is 248 g/mol. The highest BCUT2D eigenvalue weighted by atomic mass is 16.4. The topological polar surface area (TPSA) is 99.3 Å². The highest BCUT2D eigenvalue weighted by Crippen LogP contribution is 2.18. The molecule has 1 amide bonds. The number of carbonyl (C=O) groups excluding carboxylic acids is 1. The second-order valence-electron chi connectivity index (χ2n) is 4.09. The molecule has 94 valence electrons. The van der Waals surface area contributed by atoms with Crippen molar-refractivity contribution >= 4 is 11.9 Å². The number of aromatic nitrogens is 1. The lowest BCUT2D eigenvalue weighted by atomic mass is 10.1. The van der Waals surface area contributed by atoms with Gasteiger partial charge in [0, 0.05) is 18.3 Å². The second-order valence-corrected chi connectivity index (χ2v) is 4.09. The number of nitrogens with one attached hydrogen (secondary N) is 2. The summed E-state index contributed by atoms with van der Waals surface area (Å²) in [5.74, 6) is -1.79. The first kappa shape index (κ1) is 12.1. The molecule has 0 saturated heterocycles. The molecule has 0 aromatic carbocycles. The third-order valence-corrected chi connectivity index (χ3v) is 2.76. The summed E-state index contributed by atoms with van der Waals surface area (Å²) < 4.78 is 0. The maximum absolute atomic E-state index is 11.8. The lowest BCUT2D eigenvalue weighted by Gasteiger charge is -2.11. The number of pyridine rings is 1. The molecule has 6 nitrogen and oxygen atoms in total. The number of rotatable bonds is 3. The number of carboxylic acids is 1. The van der Waals surface area contributed by atoms with Crippen LogP contribution in [0.25, 0.3) is 0 Å². The van der Waals surface area contributed by atoms with Crippen molar-refractivity contribution in [1.82, 2.24) is 10.3 Å². The van der Waals surface area contributed by atoms with E-state index in [9.17, 15) is 14.4 Å². The quantitative estimate of drug-likeness (QED) is 0.662. The van der Waals surface area contributed by atoms with Gasteiger partial charge in [0.25, 0.3) is 5.91 Å². The molecule has 1 aliphatic rings. The molecule has 0 saturated carbocycles. The number of carboxylic acid groups (broad SMARTS) is 1. The van der Waals surface area contributed by atoms with Crippen molar-refractivity contribution in [2.24, 2.45) is 5.92 Å². The Labute approximate surface area is 102 Å². The zero-order valence-electron chi connectivity index (χ0n) is 9.42. The molecule has 0 spiro atoms. The lowest BCUT2D eigenvalue weighted by Crippen LogP contribution is -2.33. The molecule has 2 atom stereocenters. The van der Waals surface area contributed by atoms with Crippen LogP contribution < -0.4 is 10.9 Å². The van der Waals surface area contributed by atoms with Crippen LogP contribution in [0.4, 0.5) is 0 Å². The number of amides is 1. The summed E-state index contributed by atoms with van der Waals surface area (Å²) in [5, 5.41) is 11.5. The van der Waals surface area contributed by atoms with Crippen LogP contribution in [0.15, 0.2) is 35.3 Å². The first-order valence-corrected chi connectivity index (χ1v) is 5.47. The summed E-state index contributed by atoms with van der Waals surface area (Å²) in [7, 11) is 0. The number of H-pyrrole nitrogens is 1. The Morgan fingerprint density at radius 2 is 2.11 bits per heavy atom. The molecule has 1 aliphatic carbocycles. The Morgan fingerprint density at radius 1 is 1.33 bits per heavy atom. The van der Waals surface area contributed by atoms with E-state index in [0.29, 0.717) is 12.0 Å². The largest absolute Gasteiger partial charge is 0.481 e. The van der Waals surface area contributed by atoms with Gasteiger partial charge in [-0.3, -0.25) is 14.4 Å². The Kier molecular flexibility index (Phi) is 3.27. The summed E-state index contributed by atoms with van der Waals surface area (Å²) in [6.45, 7) is 0. The van der Waals surface area contributed by atoms with Gasteiger partial charge in [0.15, 0.2) is 0 Å². The summed E-state index contributed by atoms with van der Waals surface area (Å²) >= 11 is 0. The molecular formula is C12H12N2O4. The van der Waals surface area contributed by atoms with Gasteiger partial charge in [-0.1, -0.05) is 12.2 Å². The predicted molar refractivity (Wildman–Crippen MR) is 63.2 cm³/mol. The molecule has 0 aliphatic heterocycles. The molecular weight excluding hydrogens is 236 g/mol. The minimum atomic E-state index is -0.896. The van der Waals surface area contributed by atoms with E-state index < -0.39 is 11.9 Å². The highest BCUT2D eigenvalue weighted by Gasteiger charge is 2.25. The van der Waals surface area contributed by atoms with Crippen molar-refractivity contribution in [3.63, 3.8) is 0 Å². The van der Waals surface area contributed by atoms with Crippen molar-refractivity contribution < 1.29 is 14.7 Å². The minimum absolute atomic E-state index is 0.279. The zero-order valence-corrected chi connectivity index (χ0v) is 9.42. The van der Waals surface area contributed by atoms with Gasteiger partial charge in [-0.25, -0.2) is 0 Å². The van der Waals surface area contributed by atoms with Crippen LogP contribution in [0.1, 0.15) is 16.8 Å². The van der Waals surface area contributed by atoms with E-state index in [1.807, 2.05) is 0 Å². The van der Waals surface area contributed by atoms with Crippen molar-refractivity contribution in [2.45, 2.75) is 12.5 Å². The predicted octanol–water partition coefficient (Wildman–Crippen LogP) is 0.134. The number of aliphatic carboxylic acids is 1. The van der Waals surface area contributed by atoms with Gasteiger partial charge in [-0.15, -0.1) is 0 Å². The molecule has 2 unspecified atom stereocenters. The van der Waals surface area contributed by atoms with Crippen molar-refractivity contribution in [3.05, 3.63) is 46.4 Å². The Bertz CT molecular complexity index is 541. The third-order valence-electron chi connectivity index (χ3n) is 2.76. The van der Waals surface area contributed by atoms with Crippen LogP contribution >= 0.6 is 0 Å². The van der Waals surface area contributed by atoms with E-state index >= 15 is 0 Å². The monoisotopic (exact) mass is 248 g/mol. The summed E-state index contributed by atoms with van der Waals surface area (Å²) in [5.41, 5.74) is 0.0556. The first-order valence-electron chi connectivity index (χ1n) is 5.47. The molecule has 1 heterocycles. The van der Waals surface area contributed by atoms with Crippen molar-refractivity contribution in [1.29, 1.82) is 0 Å². The van der Waals surface area contributed by atoms with Gasteiger partial charge in [0.1, 0.15) is 0 Å². The Morgan fingerprint density at radius 3 is 2.67 bits per heavy atom. The molecule has 0 radical (unpaired) electrons. The summed E-state index contributed by atoms with van der Waals surface area (Å²) in [4.78, 5) is 35.8. The molecule has 1 aromatic heterocycles. The van der Waals surface area contributed by atoms with Gasteiger partial charge >= 0.3 is 5.97 Å². The van der Waals surface area contributed by atoms with Gasteiger partial charge in [0.05, 0.1) is 11.5 Å². The van der Waals surface area contributed by atoms with E-state index in [0.717, 1.165) is 0 Å². The molecule has 0 bridgehead atoms. The van der Waals surface area contributed by atoms with Gasteiger partial charge in [0.2, 0.25) is 5.56 Å². The maximum atomic E-state index is 11.8. The number of carbonyl (C=O) groups is 2.